The van der Waals surface area contributed by atoms with E-state index in [1.807, 2.05) is 42.1 Å². The average molecular weight is 391 g/mol. The second kappa shape index (κ2) is 6.96. The number of alkyl halides is 3. The molecule has 0 aliphatic carbocycles. The van der Waals surface area contributed by atoms with E-state index in [0.29, 0.717) is 11.6 Å². The summed E-state index contributed by atoms with van der Waals surface area (Å²) in [7, 11) is 1.93. The second-order valence-corrected chi connectivity index (χ2v) is 7.15. The van der Waals surface area contributed by atoms with Crippen molar-refractivity contribution < 1.29 is 18.0 Å². The predicted molar refractivity (Wildman–Crippen MR) is 96.4 cm³/mol. The molecule has 0 spiro atoms. The van der Waals surface area contributed by atoms with E-state index >= 15 is 0 Å². The maximum absolute atomic E-state index is 12.9. The monoisotopic (exact) mass is 391 g/mol. The molecule has 148 valence electrons. The molecule has 4 rings (SSSR count). The topological polar surface area (TPSA) is 64.7 Å². The molecule has 3 heterocycles. The standard InChI is InChI=1S/C19H20F3N5O/c1-26-11-12(14-4-2-3-5-15(14)26)8-18(28)23-10-17-25-24-16-9-13(19(20,21)22)6-7-27(16)17/h2-5,11,13H,6-10H2,1H3,(H,23,28). The van der Waals surface area contributed by atoms with Gasteiger partial charge >= 0.3 is 6.18 Å². The highest BCUT2D eigenvalue weighted by Gasteiger charge is 2.42. The van der Waals surface area contributed by atoms with Crippen LogP contribution in [0.2, 0.25) is 0 Å². The fourth-order valence-corrected chi connectivity index (χ4v) is 3.78. The maximum atomic E-state index is 12.9. The number of amides is 1. The van der Waals surface area contributed by atoms with Gasteiger partial charge in [0.15, 0.2) is 5.82 Å². The minimum absolute atomic E-state index is 0.00545. The smallest absolute Gasteiger partial charge is 0.350 e. The van der Waals surface area contributed by atoms with Crippen LogP contribution in [0.3, 0.4) is 0 Å². The molecule has 0 radical (unpaired) electrons. The Labute approximate surface area is 159 Å². The number of carbonyl (C=O) groups excluding carboxylic acids is 1. The zero-order valence-electron chi connectivity index (χ0n) is 15.3. The highest BCUT2D eigenvalue weighted by Crippen LogP contribution is 2.34. The molecule has 1 aromatic carbocycles. The van der Waals surface area contributed by atoms with Gasteiger partial charge in [0, 0.05) is 37.1 Å². The van der Waals surface area contributed by atoms with Gasteiger partial charge in [0.2, 0.25) is 5.91 Å². The highest BCUT2D eigenvalue weighted by molar-refractivity contribution is 5.89. The Kier molecular flexibility index (Phi) is 4.60. The molecule has 0 bridgehead atoms. The third kappa shape index (κ3) is 3.48. The van der Waals surface area contributed by atoms with Gasteiger partial charge in [-0.1, -0.05) is 18.2 Å². The molecule has 1 amide bonds. The fraction of sp³-hybridized carbons (Fsp3) is 0.421. The van der Waals surface area contributed by atoms with E-state index in [1.165, 1.54) is 0 Å². The Morgan fingerprint density at radius 1 is 1.29 bits per heavy atom. The van der Waals surface area contributed by atoms with Crippen LogP contribution in [-0.2, 0) is 37.8 Å². The molecule has 3 aromatic rings. The number of para-hydroxylation sites is 1. The van der Waals surface area contributed by atoms with E-state index < -0.39 is 12.1 Å². The lowest BCUT2D eigenvalue weighted by atomic mass is 9.97. The number of halogens is 3. The molecule has 6 nitrogen and oxygen atoms in total. The molecule has 0 saturated heterocycles. The lowest BCUT2D eigenvalue weighted by Gasteiger charge is -2.25. The van der Waals surface area contributed by atoms with Crippen molar-refractivity contribution in [3.05, 3.63) is 47.7 Å². The van der Waals surface area contributed by atoms with E-state index in [0.717, 1.165) is 16.5 Å². The van der Waals surface area contributed by atoms with Crippen molar-refractivity contribution in [1.29, 1.82) is 0 Å². The molecular weight excluding hydrogens is 371 g/mol. The molecule has 0 saturated carbocycles. The number of nitrogens with zero attached hydrogens (tertiary/aromatic N) is 4. The first kappa shape index (κ1) is 18.5. The van der Waals surface area contributed by atoms with Crippen molar-refractivity contribution in [3.8, 4) is 0 Å². The first-order valence-corrected chi connectivity index (χ1v) is 9.10. The fourth-order valence-electron chi connectivity index (χ4n) is 3.78. The molecule has 1 unspecified atom stereocenters. The molecule has 1 atom stereocenters. The van der Waals surface area contributed by atoms with Crippen molar-refractivity contribution >= 4 is 16.8 Å². The third-order valence-electron chi connectivity index (χ3n) is 5.27. The summed E-state index contributed by atoms with van der Waals surface area (Å²) in [5.74, 6) is -0.732. The van der Waals surface area contributed by atoms with Gasteiger partial charge in [0.25, 0.3) is 0 Å². The summed E-state index contributed by atoms with van der Waals surface area (Å²) in [5.41, 5.74) is 1.97. The normalized spacial score (nSPS) is 16.9. The number of aromatic nitrogens is 4. The summed E-state index contributed by atoms with van der Waals surface area (Å²) in [6, 6.07) is 7.85. The van der Waals surface area contributed by atoms with Gasteiger partial charge in [-0.2, -0.15) is 13.2 Å². The van der Waals surface area contributed by atoms with E-state index in [9.17, 15) is 18.0 Å². The molecule has 1 N–H and O–H groups in total. The number of hydrogen-bond acceptors (Lipinski definition) is 3. The number of hydrogen-bond donors (Lipinski definition) is 1. The maximum Gasteiger partial charge on any atom is 0.392 e. The lowest BCUT2D eigenvalue weighted by Crippen LogP contribution is -2.32. The molecule has 28 heavy (non-hydrogen) atoms. The molecular formula is C19H20F3N5O. The van der Waals surface area contributed by atoms with Gasteiger partial charge in [-0.3, -0.25) is 4.79 Å². The van der Waals surface area contributed by atoms with Crippen molar-refractivity contribution in [2.45, 2.75) is 38.5 Å². The summed E-state index contributed by atoms with van der Waals surface area (Å²) in [6.07, 6.45) is -2.23. The van der Waals surface area contributed by atoms with Gasteiger partial charge in [0.1, 0.15) is 5.82 Å². The Bertz CT molecular complexity index is 1020. The van der Waals surface area contributed by atoms with Gasteiger partial charge < -0.3 is 14.5 Å². The van der Waals surface area contributed by atoms with Crippen LogP contribution in [0, 0.1) is 5.92 Å². The number of carbonyl (C=O) groups is 1. The van der Waals surface area contributed by atoms with Gasteiger partial charge in [-0.25, -0.2) is 0 Å². The quantitative estimate of drug-likeness (QED) is 0.744. The molecule has 2 aromatic heterocycles. The average Bonchev–Trinajstić information content (AvgIpc) is 3.20. The number of aryl methyl sites for hydroxylation is 1. The Morgan fingerprint density at radius 2 is 2.07 bits per heavy atom. The van der Waals surface area contributed by atoms with Crippen LogP contribution in [0.1, 0.15) is 23.6 Å². The van der Waals surface area contributed by atoms with E-state index in [-0.39, 0.29) is 38.3 Å². The van der Waals surface area contributed by atoms with Gasteiger partial charge in [-0.05, 0) is 18.1 Å². The van der Waals surface area contributed by atoms with Gasteiger partial charge in [0.05, 0.1) is 18.9 Å². The van der Waals surface area contributed by atoms with Crippen LogP contribution in [0.15, 0.2) is 30.5 Å². The first-order chi connectivity index (χ1) is 13.3. The lowest BCUT2D eigenvalue weighted by molar-refractivity contribution is -0.179. The summed E-state index contributed by atoms with van der Waals surface area (Å²) < 4.78 is 42.4. The number of nitrogens with one attached hydrogen (secondary N) is 1. The number of benzene rings is 1. The Hall–Kier alpha value is -2.84. The molecule has 0 fully saturated rings. The number of rotatable bonds is 4. The van der Waals surface area contributed by atoms with Crippen LogP contribution >= 0.6 is 0 Å². The minimum atomic E-state index is -4.22. The Balaban J connectivity index is 1.40. The Morgan fingerprint density at radius 3 is 2.86 bits per heavy atom. The predicted octanol–water partition coefficient (Wildman–Crippen LogP) is 2.75. The van der Waals surface area contributed by atoms with E-state index in [2.05, 4.69) is 15.5 Å². The molecule has 9 heteroatoms. The first-order valence-electron chi connectivity index (χ1n) is 9.10. The minimum Gasteiger partial charge on any atom is -0.350 e. The van der Waals surface area contributed by atoms with Crippen LogP contribution in [-0.4, -0.2) is 31.4 Å². The van der Waals surface area contributed by atoms with Crippen molar-refractivity contribution in [3.63, 3.8) is 0 Å². The van der Waals surface area contributed by atoms with Gasteiger partial charge in [-0.15, -0.1) is 10.2 Å². The largest absolute Gasteiger partial charge is 0.392 e. The summed E-state index contributed by atoms with van der Waals surface area (Å²) in [4.78, 5) is 12.4. The van der Waals surface area contributed by atoms with Crippen molar-refractivity contribution in [2.24, 2.45) is 13.0 Å². The second-order valence-electron chi connectivity index (χ2n) is 7.15. The SMILES string of the molecule is Cn1cc(CC(=O)NCc2nnc3n2CCC(C(F)(F)F)C3)c2ccccc21. The van der Waals surface area contributed by atoms with E-state index in [1.54, 1.807) is 4.57 Å². The zero-order chi connectivity index (χ0) is 19.9. The summed E-state index contributed by atoms with van der Waals surface area (Å²) >= 11 is 0. The van der Waals surface area contributed by atoms with Crippen LogP contribution < -0.4 is 5.32 Å². The van der Waals surface area contributed by atoms with Crippen molar-refractivity contribution in [1.82, 2.24) is 24.6 Å². The van der Waals surface area contributed by atoms with E-state index in [4.69, 9.17) is 0 Å². The highest BCUT2D eigenvalue weighted by atomic mass is 19.4. The van der Waals surface area contributed by atoms with Crippen LogP contribution in [0.25, 0.3) is 10.9 Å². The molecule has 1 aliphatic heterocycles. The molecule has 1 aliphatic rings. The summed E-state index contributed by atoms with van der Waals surface area (Å²) in [6.45, 7) is 0.355. The summed E-state index contributed by atoms with van der Waals surface area (Å²) in [5, 5.41) is 11.7. The van der Waals surface area contributed by atoms with Crippen molar-refractivity contribution in [2.75, 3.05) is 0 Å². The zero-order valence-corrected chi connectivity index (χ0v) is 15.3. The number of fused-ring (bicyclic) bond motifs is 2. The van der Waals surface area contributed by atoms with Crippen LogP contribution in [0.4, 0.5) is 13.2 Å². The van der Waals surface area contributed by atoms with Crippen LogP contribution in [0.5, 0.6) is 0 Å². The third-order valence-corrected chi connectivity index (χ3v) is 5.27.